The summed E-state index contributed by atoms with van der Waals surface area (Å²) in [6.07, 6.45) is 1.40. The molecular formula is C30H43N3O4. The fourth-order valence-corrected chi connectivity index (χ4v) is 4.34. The minimum atomic E-state index is -0.910. The van der Waals surface area contributed by atoms with Crippen LogP contribution in [0.2, 0.25) is 0 Å². The van der Waals surface area contributed by atoms with E-state index in [1.807, 2.05) is 69.3 Å². The minimum absolute atomic E-state index is 0.225. The molecule has 2 aromatic carbocycles. The highest BCUT2D eigenvalue weighted by molar-refractivity contribution is 5.92. The number of rotatable bonds is 11. The molecular weight excluding hydrogens is 466 g/mol. The van der Waals surface area contributed by atoms with E-state index >= 15 is 0 Å². The lowest BCUT2D eigenvalue weighted by molar-refractivity contribution is -0.142. The molecule has 0 heterocycles. The Kier molecular flexibility index (Phi) is 11.2. The van der Waals surface area contributed by atoms with E-state index in [1.54, 1.807) is 25.7 Å². The van der Waals surface area contributed by atoms with Crippen molar-refractivity contribution in [1.82, 2.24) is 15.5 Å². The van der Waals surface area contributed by atoms with Gasteiger partial charge in [0.2, 0.25) is 11.8 Å². The summed E-state index contributed by atoms with van der Waals surface area (Å²) in [6.45, 7) is 14.0. The summed E-state index contributed by atoms with van der Waals surface area (Å²) in [7, 11) is 0. The number of carbonyl (C=O) groups excluding carboxylic acids is 3. The fraction of sp³-hybridized carbons (Fsp3) is 0.500. The number of likely N-dealkylation sites (N-methyl/N-ethyl adjacent to an activating group) is 1. The molecule has 0 aliphatic carbocycles. The molecule has 2 atom stereocenters. The van der Waals surface area contributed by atoms with Crippen LogP contribution in [-0.2, 0) is 20.7 Å². The van der Waals surface area contributed by atoms with E-state index in [0.717, 1.165) is 35.1 Å². The van der Waals surface area contributed by atoms with Crippen molar-refractivity contribution in [2.75, 3.05) is 13.1 Å². The largest absolute Gasteiger partial charge is 0.444 e. The Morgan fingerprint density at radius 3 is 2.11 bits per heavy atom. The maximum atomic E-state index is 14.1. The van der Waals surface area contributed by atoms with Crippen LogP contribution < -0.4 is 10.6 Å². The van der Waals surface area contributed by atoms with Crippen molar-refractivity contribution in [3.8, 4) is 0 Å². The number of aryl methyl sites for hydroxylation is 2. The molecule has 2 N–H and O–H groups in total. The molecule has 2 rings (SSSR count). The first-order valence-electron chi connectivity index (χ1n) is 13.2. The third-order valence-corrected chi connectivity index (χ3v) is 6.10. The first-order valence-corrected chi connectivity index (χ1v) is 13.2. The predicted molar refractivity (Wildman–Crippen MR) is 147 cm³/mol. The molecule has 0 aromatic heterocycles. The SMILES string of the molecule is CCCCNC(=O)C(c1c(C)cccc1C)N(CC)C(=O)C(Cc1ccccc1)NC(=O)OC(C)(C)C. The van der Waals surface area contributed by atoms with Crippen LogP contribution in [0.5, 0.6) is 0 Å². The highest BCUT2D eigenvalue weighted by Gasteiger charge is 2.36. The van der Waals surface area contributed by atoms with Gasteiger partial charge in [0.15, 0.2) is 0 Å². The van der Waals surface area contributed by atoms with Gasteiger partial charge in [-0.05, 0) is 70.2 Å². The van der Waals surface area contributed by atoms with Gasteiger partial charge in [-0.15, -0.1) is 0 Å². The van der Waals surface area contributed by atoms with Gasteiger partial charge in [0, 0.05) is 19.5 Å². The average molecular weight is 510 g/mol. The quantitative estimate of drug-likeness (QED) is 0.405. The van der Waals surface area contributed by atoms with Crippen molar-refractivity contribution in [2.45, 2.75) is 85.4 Å². The van der Waals surface area contributed by atoms with E-state index in [1.165, 1.54) is 0 Å². The average Bonchev–Trinajstić information content (AvgIpc) is 2.82. The Hall–Kier alpha value is -3.35. The van der Waals surface area contributed by atoms with E-state index in [9.17, 15) is 14.4 Å². The number of carbonyl (C=O) groups is 3. The molecule has 7 heteroatoms. The fourth-order valence-electron chi connectivity index (χ4n) is 4.34. The summed E-state index contributed by atoms with van der Waals surface area (Å²) in [5.74, 6) is -0.563. The minimum Gasteiger partial charge on any atom is -0.444 e. The van der Waals surface area contributed by atoms with Gasteiger partial charge in [-0.25, -0.2) is 4.79 Å². The van der Waals surface area contributed by atoms with Gasteiger partial charge in [-0.1, -0.05) is 61.9 Å². The molecule has 0 radical (unpaired) electrons. The lowest BCUT2D eigenvalue weighted by atomic mass is 9.93. The Labute approximate surface area is 222 Å². The summed E-state index contributed by atoms with van der Waals surface area (Å²) in [5, 5.41) is 5.80. The number of nitrogens with one attached hydrogen (secondary N) is 2. The number of hydrogen-bond acceptors (Lipinski definition) is 4. The molecule has 0 fully saturated rings. The van der Waals surface area contributed by atoms with Gasteiger partial charge in [-0.2, -0.15) is 0 Å². The topological polar surface area (TPSA) is 87.7 Å². The number of alkyl carbamates (subject to hydrolysis) is 1. The van der Waals surface area contributed by atoms with Crippen LogP contribution in [0.3, 0.4) is 0 Å². The monoisotopic (exact) mass is 509 g/mol. The smallest absolute Gasteiger partial charge is 0.408 e. The van der Waals surface area contributed by atoms with Crippen molar-refractivity contribution < 1.29 is 19.1 Å². The molecule has 3 amide bonds. The molecule has 2 unspecified atom stereocenters. The second-order valence-corrected chi connectivity index (χ2v) is 10.4. The zero-order valence-corrected chi connectivity index (χ0v) is 23.4. The van der Waals surface area contributed by atoms with Gasteiger partial charge in [0.1, 0.15) is 17.7 Å². The predicted octanol–water partition coefficient (Wildman–Crippen LogP) is 5.25. The van der Waals surface area contributed by atoms with Crippen molar-refractivity contribution >= 4 is 17.9 Å². The summed E-state index contributed by atoms with van der Waals surface area (Å²) < 4.78 is 5.47. The molecule has 7 nitrogen and oxygen atoms in total. The van der Waals surface area contributed by atoms with Crippen LogP contribution >= 0.6 is 0 Å². The number of benzene rings is 2. The van der Waals surface area contributed by atoms with Crippen LogP contribution in [0.1, 0.15) is 75.8 Å². The maximum absolute atomic E-state index is 14.1. The molecule has 0 saturated carbocycles. The zero-order valence-electron chi connectivity index (χ0n) is 23.4. The molecule has 0 bridgehead atoms. The van der Waals surface area contributed by atoms with Crippen LogP contribution in [-0.4, -0.2) is 47.5 Å². The Bertz CT molecular complexity index is 1030. The summed E-state index contributed by atoms with van der Waals surface area (Å²) in [5.41, 5.74) is 2.85. The van der Waals surface area contributed by atoms with Crippen LogP contribution in [0.15, 0.2) is 48.5 Å². The highest BCUT2D eigenvalue weighted by atomic mass is 16.6. The number of ether oxygens (including phenoxy) is 1. The zero-order chi connectivity index (χ0) is 27.6. The van der Waals surface area contributed by atoms with Crippen LogP contribution in [0.25, 0.3) is 0 Å². The van der Waals surface area contributed by atoms with E-state index in [4.69, 9.17) is 4.74 Å². The van der Waals surface area contributed by atoms with E-state index in [2.05, 4.69) is 17.6 Å². The molecule has 0 spiro atoms. The highest BCUT2D eigenvalue weighted by Crippen LogP contribution is 2.29. The van der Waals surface area contributed by atoms with Crippen molar-refractivity contribution in [3.63, 3.8) is 0 Å². The van der Waals surface area contributed by atoms with E-state index in [0.29, 0.717) is 13.1 Å². The number of hydrogen-bond donors (Lipinski definition) is 2. The maximum Gasteiger partial charge on any atom is 0.408 e. The van der Waals surface area contributed by atoms with Gasteiger partial charge >= 0.3 is 6.09 Å². The summed E-state index contributed by atoms with van der Waals surface area (Å²) in [4.78, 5) is 42.0. The van der Waals surface area contributed by atoms with Crippen molar-refractivity contribution in [3.05, 3.63) is 70.8 Å². The third-order valence-electron chi connectivity index (χ3n) is 6.10. The lowest BCUT2D eigenvalue weighted by Gasteiger charge is -2.35. The third kappa shape index (κ3) is 8.92. The van der Waals surface area contributed by atoms with Crippen molar-refractivity contribution in [1.29, 1.82) is 0 Å². The second-order valence-electron chi connectivity index (χ2n) is 10.4. The normalized spacial score (nSPS) is 12.8. The van der Waals surface area contributed by atoms with Gasteiger partial charge in [0.25, 0.3) is 0 Å². The van der Waals surface area contributed by atoms with Gasteiger partial charge in [-0.3, -0.25) is 9.59 Å². The Morgan fingerprint density at radius 2 is 1.57 bits per heavy atom. The number of unbranched alkanes of at least 4 members (excludes halogenated alkanes) is 1. The molecule has 202 valence electrons. The van der Waals surface area contributed by atoms with E-state index < -0.39 is 23.8 Å². The molecule has 37 heavy (non-hydrogen) atoms. The first kappa shape index (κ1) is 29.9. The lowest BCUT2D eigenvalue weighted by Crippen LogP contribution is -2.54. The van der Waals surface area contributed by atoms with Crippen LogP contribution in [0, 0.1) is 13.8 Å². The standard InChI is InChI=1S/C30H43N3O4/c1-8-10-19-31-27(34)26(25-21(3)15-14-16-22(25)4)33(9-2)28(35)24(20-23-17-12-11-13-18-23)32-29(36)37-30(5,6)7/h11-18,24,26H,8-10,19-20H2,1-7H3,(H,31,34)(H,32,36). The number of amides is 3. The Morgan fingerprint density at radius 1 is 0.946 bits per heavy atom. The molecule has 0 aliphatic heterocycles. The number of nitrogens with zero attached hydrogens (tertiary/aromatic N) is 1. The van der Waals surface area contributed by atoms with Crippen molar-refractivity contribution in [2.24, 2.45) is 0 Å². The molecule has 2 aromatic rings. The molecule has 0 saturated heterocycles. The Balaban J connectivity index is 2.49. The van der Waals surface area contributed by atoms with Gasteiger partial charge in [0.05, 0.1) is 0 Å². The van der Waals surface area contributed by atoms with Crippen LogP contribution in [0.4, 0.5) is 4.79 Å². The first-order chi connectivity index (χ1) is 17.5. The van der Waals surface area contributed by atoms with E-state index in [-0.39, 0.29) is 18.2 Å². The van der Waals surface area contributed by atoms with Gasteiger partial charge < -0.3 is 20.3 Å². The summed E-state index contributed by atoms with van der Waals surface area (Å²) in [6, 6.07) is 13.6. The summed E-state index contributed by atoms with van der Waals surface area (Å²) >= 11 is 0. The second kappa shape index (κ2) is 13.8. The molecule has 0 aliphatic rings.